The van der Waals surface area contributed by atoms with Crippen LogP contribution < -0.4 is 10.6 Å². The molecule has 1 aliphatic rings. The van der Waals surface area contributed by atoms with E-state index in [0.717, 1.165) is 29.0 Å². The van der Waals surface area contributed by atoms with Crippen LogP contribution in [0.25, 0.3) is 11.0 Å². The molecule has 2 amide bonds. The predicted molar refractivity (Wildman–Crippen MR) is 110 cm³/mol. The molecule has 3 N–H and O–H groups in total. The Morgan fingerprint density at radius 3 is 2.83 bits per heavy atom. The molecule has 2 aromatic heterocycles. The van der Waals surface area contributed by atoms with Crippen LogP contribution in [0, 0.1) is 0 Å². The molecule has 8 heteroatoms. The van der Waals surface area contributed by atoms with Crippen molar-refractivity contribution in [2.24, 2.45) is 0 Å². The normalized spacial score (nSPS) is 16.2. The van der Waals surface area contributed by atoms with Gasteiger partial charge in [-0.2, -0.15) is 5.10 Å². The Bertz CT molecular complexity index is 1020. The molecule has 1 atom stereocenters. The van der Waals surface area contributed by atoms with Gasteiger partial charge in [0.05, 0.1) is 11.9 Å². The topological polar surface area (TPSA) is 103 Å². The van der Waals surface area contributed by atoms with E-state index in [1.54, 1.807) is 4.90 Å². The van der Waals surface area contributed by atoms with Crippen LogP contribution in [0.5, 0.6) is 0 Å². The Hall–Kier alpha value is -3.42. The number of pyridine rings is 1. The van der Waals surface area contributed by atoms with Crippen molar-refractivity contribution in [1.29, 1.82) is 0 Å². The van der Waals surface area contributed by atoms with Gasteiger partial charge in [-0.05, 0) is 24.1 Å². The van der Waals surface area contributed by atoms with Gasteiger partial charge >= 0.3 is 0 Å². The molecule has 0 saturated carbocycles. The van der Waals surface area contributed by atoms with E-state index >= 15 is 0 Å². The number of anilines is 1. The lowest BCUT2D eigenvalue weighted by Gasteiger charge is -2.16. The third-order valence-electron chi connectivity index (χ3n) is 5.20. The minimum Gasteiger partial charge on any atom is -0.364 e. The molecule has 1 aliphatic heterocycles. The highest BCUT2D eigenvalue weighted by Gasteiger charge is 2.28. The average Bonchev–Trinajstić information content (AvgIpc) is 3.38. The second-order valence-electron chi connectivity index (χ2n) is 7.28. The summed E-state index contributed by atoms with van der Waals surface area (Å²) in [5.74, 6) is 0.709. The largest absolute Gasteiger partial charge is 0.364 e. The number of aromatic nitrogens is 3. The summed E-state index contributed by atoms with van der Waals surface area (Å²) >= 11 is 0. The van der Waals surface area contributed by atoms with E-state index in [1.165, 1.54) is 12.5 Å². The summed E-state index contributed by atoms with van der Waals surface area (Å²) < 4.78 is 0. The molecule has 8 nitrogen and oxygen atoms in total. The summed E-state index contributed by atoms with van der Waals surface area (Å²) in [5.41, 5.74) is 2.87. The molecule has 1 fully saturated rings. The molecule has 0 bridgehead atoms. The summed E-state index contributed by atoms with van der Waals surface area (Å²) in [4.78, 5) is 29.7. The number of nitrogens with zero attached hydrogens (tertiary/aromatic N) is 3. The van der Waals surface area contributed by atoms with E-state index < -0.39 is 0 Å². The number of amides is 2. The maximum absolute atomic E-state index is 12.2. The molecule has 29 heavy (non-hydrogen) atoms. The maximum Gasteiger partial charge on any atom is 0.241 e. The number of fused-ring (bicyclic) bond motifs is 1. The molecule has 1 unspecified atom stereocenters. The number of carbonyl (C=O) groups excluding carboxylic acids is 2. The second-order valence-corrected chi connectivity index (χ2v) is 7.28. The van der Waals surface area contributed by atoms with Crippen LogP contribution >= 0.6 is 0 Å². The fourth-order valence-electron chi connectivity index (χ4n) is 3.60. The zero-order valence-electron chi connectivity index (χ0n) is 16.3. The number of benzene rings is 1. The van der Waals surface area contributed by atoms with Gasteiger partial charge < -0.3 is 15.5 Å². The van der Waals surface area contributed by atoms with Gasteiger partial charge in [0, 0.05) is 38.2 Å². The third kappa shape index (κ3) is 4.37. The van der Waals surface area contributed by atoms with E-state index in [2.05, 4.69) is 33.0 Å². The highest BCUT2D eigenvalue weighted by molar-refractivity contribution is 5.87. The van der Waals surface area contributed by atoms with Crippen LogP contribution in [0.15, 0.2) is 42.5 Å². The lowest BCUT2D eigenvalue weighted by molar-refractivity contribution is -0.131. The van der Waals surface area contributed by atoms with Crippen LogP contribution in [0.1, 0.15) is 30.5 Å². The van der Waals surface area contributed by atoms with E-state index in [1.807, 2.05) is 30.3 Å². The molecule has 0 aliphatic carbocycles. The lowest BCUT2D eigenvalue weighted by Crippen LogP contribution is -2.38. The molecule has 4 rings (SSSR count). The fraction of sp³-hybridized carbons (Fsp3) is 0.333. The smallest absolute Gasteiger partial charge is 0.241 e. The van der Waals surface area contributed by atoms with E-state index in [4.69, 9.17) is 4.98 Å². The van der Waals surface area contributed by atoms with Crippen LogP contribution in [0.2, 0.25) is 0 Å². The number of hydrogen-bond acceptors (Lipinski definition) is 5. The summed E-state index contributed by atoms with van der Waals surface area (Å²) in [6.45, 7) is 3.44. The van der Waals surface area contributed by atoms with Gasteiger partial charge in [-0.3, -0.25) is 14.7 Å². The maximum atomic E-state index is 12.2. The highest BCUT2D eigenvalue weighted by atomic mass is 16.2. The predicted octanol–water partition coefficient (Wildman–Crippen LogP) is 2.02. The second kappa shape index (κ2) is 8.30. The van der Waals surface area contributed by atoms with Gasteiger partial charge in [0.2, 0.25) is 11.8 Å². The Kier molecular flexibility index (Phi) is 5.41. The van der Waals surface area contributed by atoms with Gasteiger partial charge in [-0.25, -0.2) is 4.98 Å². The standard InChI is InChI=1S/C21H24N6O2/c1-14(28)22-12-19(29)27-10-9-16(13-27)18-8-7-17-20(25-26-21(17)24-18)23-11-15-5-3-2-4-6-15/h2-8,16H,9-13H2,1H3,(H,22,28)(H2,23,24,25,26). The Balaban J connectivity index is 1.41. The van der Waals surface area contributed by atoms with E-state index in [0.29, 0.717) is 19.6 Å². The average molecular weight is 392 g/mol. The van der Waals surface area contributed by atoms with Gasteiger partial charge in [-0.1, -0.05) is 30.3 Å². The molecular weight excluding hydrogens is 368 g/mol. The lowest BCUT2D eigenvalue weighted by atomic mass is 10.0. The number of rotatable bonds is 6. The summed E-state index contributed by atoms with van der Waals surface area (Å²) in [6.07, 6.45) is 0.859. The van der Waals surface area contributed by atoms with Gasteiger partial charge in [-0.15, -0.1) is 0 Å². The molecule has 0 radical (unpaired) electrons. The summed E-state index contributed by atoms with van der Waals surface area (Å²) in [7, 11) is 0. The van der Waals surface area contributed by atoms with Crippen molar-refractivity contribution in [2.75, 3.05) is 25.0 Å². The van der Waals surface area contributed by atoms with E-state index in [-0.39, 0.29) is 24.3 Å². The van der Waals surface area contributed by atoms with Crippen molar-refractivity contribution in [1.82, 2.24) is 25.4 Å². The highest BCUT2D eigenvalue weighted by Crippen LogP contribution is 2.28. The van der Waals surface area contributed by atoms with Gasteiger partial charge in [0.1, 0.15) is 0 Å². The van der Waals surface area contributed by atoms with Crippen molar-refractivity contribution >= 4 is 28.7 Å². The molecule has 0 spiro atoms. The van der Waals surface area contributed by atoms with Crippen LogP contribution in [0.4, 0.5) is 5.82 Å². The number of aromatic amines is 1. The zero-order chi connectivity index (χ0) is 20.2. The zero-order valence-corrected chi connectivity index (χ0v) is 16.3. The van der Waals surface area contributed by atoms with Crippen LogP contribution in [-0.4, -0.2) is 51.5 Å². The molecule has 3 heterocycles. The molecule has 1 aromatic carbocycles. The SMILES string of the molecule is CC(=O)NCC(=O)N1CCC(c2ccc3c(NCc4ccccc4)n[nH]c3n2)C1. The molecular formula is C21H24N6O2. The Labute approximate surface area is 168 Å². The number of likely N-dealkylation sites (tertiary alicyclic amines) is 1. The summed E-state index contributed by atoms with van der Waals surface area (Å²) in [6, 6.07) is 14.2. The van der Waals surface area contributed by atoms with Crippen LogP contribution in [-0.2, 0) is 16.1 Å². The molecule has 1 saturated heterocycles. The minimum atomic E-state index is -0.197. The quantitative estimate of drug-likeness (QED) is 0.596. The first kappa shape index (κ1) is 18.9. The van der Waals surface area contributed by atoms with Crippen molar-refractivity contribution in [3.8, 4) is 0 Å². The first-order chi connectivity index (χ1) is 14.1. The first-order valence-corrected chi connectivity index (χ1v) is 9.75. The number of hydrogen-bond donors (Lipinski definition) is 3. The minimum absolute atomic E-state index is 0.0471. The Morgan fingerprint density at radius 2 is 2.03 bits per heavy atom. The monoisotopic (exact) mass is 392 g/mol. The first-order valence-electron chi connectivity index (χ1n) is 9.75. The van der Waals surface area contributed by atoms with Crippen molar-refractivity contribution in [2.45, 2.75) is 25.8 Å². The molecule has 150 valence electrons. The fourth-order valence-corrected chi connectivity index (χ4v) is 3.60. The number of nitrogens with one attached hydrogen (secondary N) is 3. The van der Waals surface area contributed by atoms with Gasteiger partial charge in [0.25, 0.3) is 0 Å². The van der Waals surface area contributed by atoms with Crippen molar-refractivity contribution in [3.63, 3.8) is 0 Å². The molecule has 3 aromatic rings. The third-order valence-corrected chi connectivity index (χ3v) is 5.20. The van der Waals surface area contributed by atoms with Crippen molar-refractivity contribution < 1.29 is 9.59 Å². The van der Waals surface area contributed by atoms with Gasteiger partial charge in [0.15, 0.2) is 11.5 Å². The number of H-pyrrole nitrogens is 1. The Morgan fingerprint density at radius 1 is 1.21 bits per heavy atom. The van der Waals surface area contributed by atoms with E-state index in [9.17, 15) is 9.59 Å². The number of carbonyl (C=O) groups is 2. The summed E-state index contributed by atoms with van der Waals surface area (Å²) in [5, 5.41) is 14.2. The van der Waals surface area contributed by atoms with Crippen LogP contribution in [0.3, 0.4) is 0 Å². The van der Waals surface area contributed by atoms with Crippen molar-refractivity contribution in [3.05, 3.63) is 53.7 Å².